The number of fused-ring (bicyclic) bond motifs is 1. The smallest absolute Gasteiger partial charge is 0.265 e. The van der Waals surface area contributed by atoms with E-state index in [0.717, 1.165) is 17.0 Å². The van der Waals surface area contributed by atoms with Crippen LogP contribution in [0.3, 0.4) is 0 Å². The molecule has 22 heavy (non-hydrogen) atoms. The molecular formula is C18H21NO3. The first-order valence-corrected chi connectivity index (χ1v) is 7.46. The second-order valence-corrected chi connectivity index (χ2v) is 4.64. The van der Waals surface area contributed by atoms with Crippen molar-refractivity contribution in [1.29, 1.82) is 0 Å². The number of anilines is 1. The molecule has 1 amide bonds. The first kappa shape index (κ1) is 15.9. The van der Waals surface area contributed by atoms with Crippen molar-refractivity contribution in [3.05, 3.63) is 54.1 Å². The molecule has 1 N–H and O–H groups in total. The lowest BCUT2D eigenvalue weighted by Crippen LogP contribution is -2.38. The zero-order valence-corrected chi connectivity index (χ0v) is 13.1. The lowest BCUT2D eigenvalue weighted by Gasteiger charge is -2.25. The highest BCUT2D eigenvalue weighted by molar-refractivity contribution is 5.97. The largest absolute Gasteiger partial charge is 0.497 e. The first-order chi connectivity index (χ1) is 10.8. The molecule has 1 aliphatic rings. The van der Waals surface area contributed by atoms with Gasteiger partial charge in [0.15, 0.2) is 6.10 Å². The Bertz CT molecular complexity index is 622. The van der Waals surface area contributed by atoms with Crippen LogP contribution in [-0.4, -0.2) is 19.1 Å². The Kier molecular flexibility index (Phi) is 5.42. The highest BCUT2D eigenvalue weighted by Gasteiger charge is 2.27. The third kappa shape index (κ3) is 3.58. The number of rotatable bonds is 3. The third-order valence-corrected chi connectivity index (χ3v) is 3.29. The summed E-state index contributed by atoms with van der Waals surface area (Å²) in [6.07, 6.45) is 0.0303. The number of para-hydroxylation sites is 2. The molecule has 0 aliphatic carbocycles. The van der Waals surface area contributed by atoms with E-state index < -0.39 is 6.10 Å². The molecule has 1 aliphatic heterocycles. The monoisotopic (exact) mass is 299 g/mol. The molecule has 4 heteroatoms. The van der Waals surface area contributed by atoms with E-state index >= 15 is 0 Å². The summed E-state index contributed by atoms with van der Waals surface area (Å²) in [5, 5.41) is 2.86. The molecule has 0 radical (unpaired) electrons. The molecule has 0 fully saturated rings. The molecule has 0 saturated heterocycles. The molecule has 3 rings (SSSR count). The van der Waals surface area contributed by atoms with Crippen molar-refractivity contribution < 1.29 is 14.3 Å². The van der Waals surface area contributed by atoms with Crippen LogP contribution in [0.25, 0.3) is 0 Å². The van der Waals surface area contributed by atoms with Crippen LogP contribution in [0.5, 0.6) is 11.5 Å². The van der Waals surface area contributed by atoms with E-state index in [0.29, 0.717) is 12.2 Å². The minimum atomic E-state index is -0.502. The van der Waals surface area contributed by atoms with Crippen LogP contribution < -0.4 is 14.8 Å². The van der Waals surface area contributed by atoms with Crippen LogP contribution in [0, 0.1) is 0 Å². The third-order valence-electron chi connectivity index (χ3n) is 3.29. The number of nitrogens with one attached hydrogen (secondary N) is 1. The first-order valence-electron chi connectivity index (χ1n) is 7.46. The number of benzene rings is 2. The molecule has 0 saturated carbocycles. The number of carbonyl (C=O) groups is 1. The molecule has 1 atom stereocenters. The Morgan fingerprint density at radius 3 is 2.45 bits per heavy atom. The van der Waals surface area contributed by atoms with Crippen LogP contribution in [0.4, 0.5) is 5.69 Å². The van der Waals surface area contributed by atoms with Crippen LogP contribution in [0.15, 0.2) is 48.5 Å². The second kappa shape index (κ2) is 7.50. The average molecular weight is 299 g/mol. The summed E-state index contributed by atoms with van der Waals surface area (Å²) in [7, 11) is 1.63. The van der Waals surface area contributed by atoms with Crippen LogP contribution in [-0.2, 0) is 11.2 Å². The number of amides is 1. The Morgan fingerprint density at radius 2 is 1.77 bits per heavy atom. The van der Waals surface area contributed by atoms with Gasteiger partial charge in [0, 0.05) is 6.42 Å². The Morgan fingerprint density at radius 1 is 1.09 bits per heavy atom. The van der Waals surface area contributed by atoms with Gasteiger partial charge in [-0.2, -0.15) is 0 Å². The number of hydrogen-bond donors (Lipinski definition) is 1. The fourth-order valence-electron chi connectivity index (χ4n) is 2.20. The summed E-state index contributed by atoms with van der Waals surface area (Å²) in [5.74, 6) is 1.40. The van der Waals surface area contributed by atoms with Crippen molar-refractivity contribution in [3.8, 4) is 11.5 Å². The van der Waals surface area contributed by atoms with E-state index in [4.69, 9.17) is 9.47 Å². The highest BCUT2D eigenvalue weighted by Crippen LogP contribution is 2.29. The van der Waals surface area contributed by atoms with Gasteiger partial charge < -0.3 is 14.8 Å². The predicted molar refractivity (Wildman–Crippen MR) is 87.5 cm³/mol. The van der Waals surface area contributed by atoms with Gasteiger partial charge in [-0.05, 0) is 29.8 Å². The summed E-state index contributed by atoms with van der Waals surface area (Å²) < 4.78 is 10.9. The molecule has 116 valence electrons. The molecule has 0 spiro atoms. The molecule has 1 unspecified atom stereocenters. The van der Waals surface area contributed by atoms with Gasteiger partial charge in [0.25, 0.3) is 5.91 Å². The molecule has 0 bridgehead atoms. The van der Waals surface area contributed by atoms with E-state index in [1.165, 1.54) is 0 Å². The maximum atomic E-state index is 12.0. The molecule has 2 aromatic carbocycles. The number of carbonyl (C=O) groups excluding carboxylic acids is 1. The summed E-state index contributed by atoms with van der Waals surface area (Å²) in [6, 6.07) is 15.1. The van der Waals surface area contributed by atoms with Crippen molar-refractivity contribution in [2.45, 2.75) is 26.4 Å². The van der Waals surface area contributed by atoms with Gasteiger partial charge in [0.1, 0.15) is 11.5 Å². The number of hydrogen-bond acceptors (Lipinski definition) is 3. The van der Waals surface area contributed by atoms with E-state index in [9.17, 15) is 4.79 Å². The average Bonchev–Trinajstić information content (AvgIpc) is 2.58. The van der Waals surface area contributed by atoms with Gasteiger partial charge in [-0.1, -0.05) is 38.1 Å². The van der Waals surface area contributed by atoms with Gasteiger partial charge in [0.05, 0.1) is 12.8 Å². The summed E-state index contributed by atoms with van der Waals surface area (Å²) >= 11 is 0. The van der Waals surface area contributed by atoms with Crippen molar-refractivity contribution in [3.63, 3.8) is 0 Å². The molecular weight excluding hydrogens is 278 g/mol. The minimum absolute atomic E-state index is 0.112. The standard InChI is InChI=1S/C16H15NO3.C2H6/c1-19-12-8-6-11(7-9-12)10-15-16(18)17-13-4-2-3-5-14(13)20-15;1-2/h2-9,15H,10H2,1H3,(H,17,18);1-2H3. The Balaban J connectivity index is 0.000000847. The quantitative estimate of drug-likeness (QED) is 0.940. The fourth-order valence-corrected chi connectivity index (χ4v) is 2.20. The van der Waals surface area contributed by atoms with Crippen LogP contribution in [0.2, 0.25) is 0 Å². The number of ether oxygens (including phenoxy) is 2. The Labute approximate surface area is 131 Å². The lowest BCUT2D eigenvalue weighted by molar-refractivity contribution is -0.123. The molecule has 2 aromatic rings. The van der Waals surface area contributed by atoms with Gasteiger partial charge in [-0.15, -0.1) is 0 Å². The SMILES string of the molecule is CC.COc1ccc(CC2Oc3ccccc3NC2=O)cc1. The maximum Gasteiger partial charge on any atom is 0.265 e. The predicted octanol–water partition coefficient (Wildman–Crippen LogP) is 3.66. The second-order valence-electron chi connectivity index (χ2n) is 4.64. The van der Waals surface area contributed by atoms with Crippen LogP contribution >= 0.6 is 0 Å². The molecule has 1 heterocycles. The zero-order chi connectivity index (χ0) is 15.9. The van der Waals surface area contributed by atoms with Gasteiger partial charge >= 0.3 is 0 Å². The number of methoxy groups -OCH3 is 1. The summed E-state index contributed by atoms with van der Waals surface area (Å²) in [6.45, 7) is 4.00. The lowest BCUT2D eigenvalue weighted by atomic mass is 10.1. The van der Waals surface area contributed by atoms with Crippen molar-refractivity contribution in [2.24, 2.45) is 0 Å². The van der Waals surface area contributed by atoms with Crippen molar-refractivity contribution in [1.82, 2.24) is 0 Å². The van der Waals surface area contributed by atoms with Gasteiger partial charge in [-0.25, -0.2) is 0 Å². The van der Waals surface area contributed by atoms with Gasteiger partial charge in [-0.3, -0.25) is 4.79 Å². The summed E-state index contributed by atoms with van der Waals surface area (Å²) in [4.78, 5) is 12.0. The Hall–Kier alpha value is -2.49. The normalized spacial score (nSPS) is 15.6. The van der Waals surface area contributed by atoms with Crippen LogP contribution in [0.1, 0.15) is 19.4 Å². The van der Waals surface area contributed by atoms with E-state index in [2.05, 4.69) is 5.32 Å². The van der Waals surface area contributed by atoms with Gasteiger partial charge in [0.2, 0.25) is 0 Å². The fraction of sp³-hybridized carbons (Fsp3) is 0.278. The van der Waals surface area contributed by atoms with Crippen molar-refractivity contribution in [2.75, 3.05) is 12.4 Å². The zero-order valence-electron chi connectivity index (χ0n) is 13.1. The maximum absolute atomic E-state index is 12.0. The molecule has 0 aromatic heterocycles. The topological polar surface area (TPSA) is 47.6 Å². The highest BCUT2D eigenvalue weighted by atomic mass is 16.5. The molecule has 4 nitrogen and oxygen atoms in total. The van der Waals surface area contributed by atoms with E-state index in [1.807, 2.05) is 62.4 Å². The summed E-state index contributed by atoms with van der Waals surface area (Å²) in [5.41, 5.74) is 1.76. The minimum Gasteiger partial charge on any atom is -0.497 e. The van der Waals surface area contributed by atoms with Crippen molar-refractivity contribution >= 4 is 11.6 Å². The van der Waals surface area contributed by atoms with E-state index in [-0.39, 0.29) is 5.91 Å². The van der Waals surface area contributed by atoms with E-state index in [1.54, 1.807) is 7.11 Å².